The van der Waals surface area contributed by atoms with Crippen molar-refractivity contribution in [2.75, 3.05) is 10.6 Å². The van der Waals surface area contributed by atoms with Crippen LogP contribution in [0.25, 0.3) is 0 Å². The third-order valence-corrected chi connectivity index (χ3v) is 3.44. The van der Waals surface area contributed by atoms with Crippen molar-refractivity contribution in [3.63, 3.8) is 0 Å². The highest BCUT2D eigenvalue weighted by Crippen LogP contribution is 2.21. The van der Waals surface area contributed by atoms with Gasteiger partial charge in [0.05, 0.1) is 5.69 Å². The summed E-state index contributed by atoms with van der Waals surface area (Å²) in [6.45, 7) is 5.44. The van der Waals surface area contributed by atoms with Crippen LogP contribution in [0.4, 0.5) is 24.5 Å². The number of nitrogens with one attached hydrogen (secondary N) is 2. The summed E-state index contributed by atoms with van der Waals surface area (Å²) in [6.07, 6.45) is 0. The fourth-order valence-corrected chi connectivity index (χ4v) is 2.14. The van der Waals surface area contributed by atoms with E-state index >= 15 is 0 Å². The quantitative estimate of drug-likeness (QED) is 0.830. The number of halogens is 3. The van der Waals surface area contributed by atoms with Crippen LogP contribution in [-0.2, 0) is 4.79 Å². The van der Waals surface area contributed by atoms with E-state index in [1.165, 1.54) is 0 Å². The van der Waals surface area contributed by atoms with Gasteiger partial charge in [0.2, 0.25) is 5.91 Å². The Bertz CT molecular complexity index is 747. The lowest BCUT2D eigenvalue weighted by atomic mass is 10.1. The molecule has 1 unspecified atom stereocenters. The molecule has 0 saturated carbocycles. The van der Waals surface area contributed by atoms with Crippen LogP contribution in [0.15, 0.2) is 30.3 Å². The van der Waals surface area contributed by atoms with Crippen LogP contribution in [0.5, 0.6) is 0 Å². The topological polar surface area (TPSA) is 41.1 Å². The molecule has 23 heavy (non-hydrogen) atoms. The van der Waals surface area contributed by atoms with E-state index in [0.717, 1.165) is 28.9 Å². The number of hydrogen-bond acceptors (Lipinski definition) is 2. The summed E-state index contributed by atoms with van der Waals surface area (Å²) in [4.78, 5) is 12.1. The lowest BCUT2D eigenvalue weighted by molar-refractivity contribution is -0.116. The summed E-state index contributed by atoms with van der Waals surface area (Å²) in [5, 5.41) is 5.25. The van der Waals surface area contributed by atoms with Crippen LogP contribution in [0.2, 0.25) is 0 Å². The molecule has 0 spiro atoms. The van der Waals surface area contributed by atoms with Gasteiger partial charge in [-0.3, -0.25) is 4.79 Å². The first-order chi connectivity index (χ1) is 10.8. The van der Waals surface area contributed by atoms with Crippen LogP contribution < -0.4 is 10.6 Å². The minimum Gasteiger partial charge on any atom is -0.374 e. The van der Waals surface area contributed by atoms with Crippen LogP contribution in [0.3, 0.4) is 0 Å². The summed E-state index contributed by atoms with van der Waals surface area (Å²) in [5.41, 5.74) is 2.42. The molecule has 1 atom stereocenters. The zero-order chi connectivity index (χ0) is 17.1. The fourth-order valence-electron chi connectivity index (χ4n) is 2.14. The van der Waals surface area contributed by atoms with Crippen molar-refractivity contribution in [1.82, 2.24) is 0 Å². The number of carbonyl (C=O) groups is 1. The first kappa shape index (κ1) is 16.9. The van der Waals surface area contributed by atoms with Crippen LogP contribution >= 0.6 is 0 Å². The van der Waals surface area contributed by atoms with Crippen LogP contribution in [-0.4, -0.2) is 11.9 Å². The summed E-state index contributed by atoms with van der Waals surface area (Å²) < 4.78 is 39.6. The molecular weight excluding hydrogens is 305 g/mol. The SMILES string of the molecule is Cc1ccc(NC(C)C(=O)Nc2ccc(F)c(F)c2F)c(C)c1. The molecule has 2 aromatic rings. The van der Waals surface area contributed by atoms with Crippen molar-refractivity contribution >= 4 is 17.3 Å². The van der Waals surface area contributed by atoms with Gasteiger partial charge in [0, 0.05) is 5.69 Å². The van der Waals surface area contributed by atoms with Crippen molar-refractivity contribution in [3.8, 4) is 0 Å². The molecular formula is C17H17F3N2O. The second kappa shape index (κ2) is 6.73. The maximum atomic E-state index is 13.6. The number of benzene rings is 2. The van der Waals surface area contributed by atoms with Gasteiger partial charge < -0.3 is 10.6 Å². The highest BCUT2D eigenvalue weighted by molar-refractivity contribution is 5.96. The van der Waals surface area contributed by atoms with Crippen molar-refractivity contribution < 1.29 is 18.0 Å². The lowest BCUT2D eigenvalue weighted by Gasteiger charge is -2.17. The molecule has 2 rings (SSSR count). The van der Waals surface area contributed by atoms with E-state index in [2.05, 4.69) is 10.6 Å². The van der Waals surface area contributed by atoms with Gasteiger partial charge in [-0.2, -0.15) is 0 Å². The predicted octanol–water partition coefficient (Wildman–Crippen LogP) is 4.16. The Morgan fingerprint density at radius 3 is 2.30 bits per heavy atom. The van der Waals surface area contributed by atoms with Gasteiger partial charge in [0.25, 0.3) is 0 Å². The molecule has 0 aliphatic carbocycles. The third kappa shape index (κ3) is 3.83. The monoisotopic (exact) mass is 322 g/mol. The van der Waals surface area contributed by atoms with E-state index in [9.17, 15) is 18.0 Å². The second-order valence-corrected chi connectivity index (χ2v) is 5.40. The van der Waals surface area contributed by atoms with Crippen molar-refractivity contribution in [1.29, 1.82) is 0 Å². The van der Waals surface area contributed by atoms with E-state index in [-0.39, 0.29) is 0 Å². The maximum absolute atomic E-state index is 13.6. The average molecular weight is 322 g/mol. The van der Waals surface area contributed by atoms with Crippen molar-refractivity contribution in [2.24, 2.45) is 0 Å². The zero-order valence-corrected chi connectivity index (χ0v) is 13.0. The molecule has 0 aliphatic heterocycles. The fraction of sp³-hybridized carbons (Fsp3) is 0.235. The van der Waals surface area contributed by atoms with Gasteiger partial charge in [-0.15, -0.1) is 0 Å². The Hall–Kier alpha value is -2.50. The van der Waals surface area contributed by atoms with Crippen molar-refractivity contribution in [2.45, 2.75) is 26.8 Å². The number of rotatable bonds is 4. The molecule has 2 N–H and O–H groups in total. The molecule has 0 aromatic heterocycles. The maximum Gasteiger partial charge on any atom is 0.246 e. The minimum atomic E-state index is -1.61. The average Bonchev–Trinajstić information content (AvgIpc) is 2.50. The van der Waals surface area contributed by atoms with E-state index in [0.29, 0.717) is 0 Å². The molecule has 1 amide bonds. The molecule has 0 saturated heterocycles. The number of aryl methyl sites for hydroxylation is 2. The lowest BCUT2D eigenvalue weighted by Crippen LogP contribution is -2.32. The van der Waals surface area contributed by atoms with Gasteiger partial charge in [-0.1, -0.05) is 17.7 Å². The first-order valence-corrected chi connectivity index (χ1v) is 7.07. The molecule has 0 heterocycles. The molecule has 0 radical (unpaired) electrons. The Balaban J connectivity index is 2.10. The van der Waals surface area contributed by atoms with Gasteiger partial charge in [0.1, 0.15) is 6.04 Å². The summed E-state index contributed by atoms with van der Waals surface area (Å²) in [7, 11) is 0. The van der Waals surface area contributed by atoms with Gasteiger partial charge in [-0.25, -0.2) is 13.2 Å². The number of hydrogen-bond donors (Lipinski definition) is 2. The minimum absolute atomic E-state index is 0.400. The molecule has 2 aromatic carbocycles. The molecule has 6 heteroatoms. The Morgan fingerprint density at radius 2 is 1.65 bits per heavy atom. The Morgan fingerprint density at radius 1 is 1.00 bits per heavy atom. The first-order valence-electron chi connectivity index (χ1n) is 7.07. The molecule has 122 valence electrons. The van der Waals surface area contributed by atoms with Crippen molar-refractivity contribution in [3.05, 3.63) is 58.9 Å². The third-order valence-electron chi connectivity index (χ3n) is 3.44. The zero-order valence-electron chi connectivity index (χ0n) is 13.0. The smallest absolute Gasteiger partial charge is 0.246 e. The largest absolute Gasteiger partial charge is 0.374 e. The second-order valence-electron chi connectivity index (χ2n) is 5.40. The molecule has 0 bridgehead atoms. The normalized spacial score (nSPS) is 11.9. The standard InChI is InChI=1S/C17H17F3N2O/c1-9-4-6-13(10(2)8-9)21-11(3)17(23)22-14-7-5-12(18)15(19)16(14)20/h4-8,11,21H,1-3H3,(H,22,23). The van der Waals surface area contributed by atoms with E-state index in [4.69, 9.17) is 0 Å². The van der Waals surface area contributed by atoms with Crippen LogP contribution in [0.1, 0.15) is 18.1 Å². The number of amides is 1. The molecule has 0 aliphatic rings. The Labute approximate surface area is 132 Å². The molecule has 0 fully saturated rings. The number of carbonyl (C=O) groups excluding carboxylic acids is 1. The summed E-state index contributed by atoms with van der Waals surface area (Å²) in [5.74, 6) is -4.90. The van der Waals surface area contributed by atoms with E-state index in [1.807, 2.05) is 32.0 Å². The highest BCUT2D eigenvalue weighted by Gasteiger charge is 2.18. The van der Waals surface area contributed by atoms with Gasteiger partial charge in [-0.05, 0) is 44.5 Å². The van der Waals surface area contributed by atoms with Gasteiger partial charge in [0.15, 0.2) is 17.5 Å². The highest BCUT2D eigenvalue weighted by atomic mass is 19.2. The van der Waals surface area contributed by atoms with Gasteiger partial charge >= 0.3 is 0 Å². The molecule has 3 nitrogen and oxygen atoms in total. The summed E-state index contributed by atoms with van der Waals surface area (Å²) >= 11 is 0. The van der Waals surface area contributed by atoms with Crippen LogP contribution in [0, 0.1) is 31.3 Å². The summed E-state index contributed by atoms with van der Waals surface area (Å²) in [6, 6.07) is 6.75. The predicted molar refractivity (Wildman–Crippen MR) is 83.9 cm³/mol. The Kier molecular flexibility index (Phi) is 4.93. The van der Waals surface area contributed by atoms with E-state index in [1.54, 1.807) is 6.92 Å². The van der Waals surface area contributed by atoms with E-state index < -0.39 is 35.1 Å². The number of anilines is 2.